The van der Waals surface area contributed by atoms with E-state index in [1.165, 1.54) is 71.1 Å². The molecule has 1 aliphatic rings. The molecule has 1 heterocycles. The van der Waals surface area contributed by atoms with E-state index in [4.69, 9.17) is 14.2 Å². The highest BCUT2D eigenvalue weighted by Crippen LogP contribution is 2.22. The van der Waals surface area contributed by atoms with E-state index in [0.29, 0.717) is 0 Å². The molecule has 1 aliphatic heterocycles. The van der Waals surface area contributed by atoms with Crippen molar-refractivity contribution < 1.29 is 39.4 Å². The summed E-state index contributed by atoms with van der Waals surface area (Å²) in [6, 6.07) is -0.562. The third-order valence-corrected chi connectivity index (χ3v) is 6.65. The Morgan fingerprint density at radius 1 is 0.944 bits per heavy atom. The molecule has 1 saturated heterocycles. The van der Waals surface area contributed by atoms with Crippen LogP contribution in [0.2, 0.25) is 0 Å². The standard InChI is InChI=1S/C27H51NO8/c1-4-5-6-7-8-9-10-11-12-13-14-15-16-17-22(34-3)21(28-20(2)30)19-35-27-26(33)25(32)24(31)23(18-29)36-27/h16-17,21-27,29,31-33H,4-15,18-19H2,1-3H3,(H,28,30)/b17-16+/t21-,22-,23?,24+,25?,26?,27+/m0/s1. The van der Waals surface area contributed by atoms with Gasteiger partial charge in [0.05, 0.1) is 25.4 Å². The Morgan fingerprint density at radius 2 is 1.53 bits per heavy atom. The lowest BCUT2D eigenvalue weighted by atomic mass is 9.99. The summed E-state index contributed by atoms with van der Waals surface area (Å²) in [5, 5.41) is 42.2. The smallest absolute Gasteiger partial charge is 0.217 e. The fourth-order valence-electron chi connectivity index (χ4n) is 4.42. The maximum atomic E-state index is 11.7. The van der Waals surface area contributed by atoms with Gasteiger partial charge in [-0.2, -0.15) is 0 Å². The van der Waals surface area contributed by atoms with Crippen molar-refractivity contribution in [1.82, 2.24) is 5.32 Å². The van der Waals surface area contributed by atoms with Crippen LogP contribution in [0.15, 0.2) is 12.2 Å². The molecule has 1 amide bonds. The Balaban J connectivity index is 2.40. The second-order valence-corrected chi connectivity index (χ2v) is 9.79. The number of ether oxygens (including phenoxy) is 3. The number of nitrogens with one attached hydrogen (secondary N) is 1. The summed E-state index contributed by atoms with van der Waals surface area (Å²) in [4.78, 5) is 11.7. The average molecular weight is 518 g/mol. The van der Waals surface area contributed by atoms with Crippen LogP contribution in [-0.2, 0) is 19.0 Å². The molecule has 3 unspecified atom stereocenters. The number of aliphatic hydroxyl groups is 4. The first kappa shape index (κ1) is 33.0. The number of aliphatic hydroxyl groups excluding tert-OH is 4. The van der Waals surface area contributed by atoms with E-state index in [2.05, 4.69) is 12.2 Å². The van der Waals surface area contributed by atoms with Crippen molar-refractivity contribution >= 4 is 5.91 Å². The first-order chi connectivity index (χ1) is 17.3. The molecule has 0 aromatic carbocycles. The molecule has 0 spiro atoms. The third kappa shape index (κ3) is 12.9. The molecule has 0 aromatic heterocycles. The number of unbranched alkanes of at least 4 members (excludes halogenated alkanes) is 11. The van der Waals surface area contributed by atoms with E-state index in [0.717, 1.165) is 12.8 Å². The number of carbonyl (C=O) groups is 1. The van der Waals surface area contributed by atoms with Crippen molar-refractivity contribution in [1.29, 1.82) is 0 Å². The molecule has 1 rings (SSSR count). The van der Waals surface area contributed by atoms with Gasteiger partial charge in [0.25, 0.3) is 0 Å². The molecule has 0 aliphatic carbocycles. The zero-order valence-corrected chi connectivity index (χ0v) is 22.5. The Kier molecular flexibility index (Phi) is 18.3. The van der Waals surface area contributed by atoms with Crippen LogP contribution in [0.25, 0.3) is 0 Å². The highest BCUT2D eigenvalue weighted by molar-refractivity contribution is 5.73. The second-order valence-electron chi connectivity index (χ2n) is 9.79. The largest absolute Gasteiger partial charge is 0.394 e. The maximum Gasteiger partial charge on any atom is 0.217 e. The predicted octanol–water partition coefficient (Wildman–Crippen LogP) is 2.58. The van der Waals surface area contributed by atoms with Gasteiger partial charge in [0.1, 0.15) is 24.4 Å². The Morgan fingerprint density at radius 3 is 2.06 bits per heavy atom. The zero-order valence-electron chi connectivity index (χ0n) is 22.5. The molecular weight excluding hydrogens is 466 g/mol. The van der Waals surface area contributed by atoms with Gasteiger partial charge < -0.3 is 40.0 Å². The average Bonchev–Trinajstić information content (AvgIpc) is 2.86. The van der Waals surface area contributed by atoms with E-state index < -0.39 is 49.5 Å². The molecule has 9 nitrogen and oxygen atoms in total. The lowest BCUT2D eigenvalue weighted by Gasteiger charge is -2.40. The summed E-state index contributed by atoms with van der Waals surface area (Å²) in [5.74, 6) is -0.266. The minimum atomic E-state index is -1.52. The van der Waals surface area contributed by atoms with Gasteiger partial charge in [-0.1, -0.05) is 83.3 Å². The number of carbonyl (C=O) groups excluding carboxylic acids is 1. The van der Waals surface area contributed by atoms with Gasteiger partial charge in [0.2, 0.25) is 5.91 Å². The molecule has 5 N–H and O–H groups in total. The Hall–Kier alpha value is -1.07. The number of methoxy groups -OCH3 is 1. The van der Waals surface area contributed by atoms with Gasteiger partial charge in [0, 0.05) is 14.0 Å². The molecule has 9 heteroatoms. The van der Waals surface area contributed by atoms with Crippen molar-refractivity contribution in [2.75, 3.05) is 20.3 Å². The van der Waals surface area contributed by atoms with Crippen molar-refractivity contribution in [3.63, 3.8) is 0 Å². The Labute approximate surface area is 217 Å². The van der Waals surface area contributed by atoms with Crippen LogP contribution in [0.1, 0.15) is 90.9 Å². The van der Waals surface area contributed by atoms with Gasteiger partial charge in [-0.15, -0.1) is 0 Å². The second kappa shape index (κ2) is 20.0. The fraction of sp³-hybridized carbons (Fsp3) is 0.889. The molecule has 0 bridgehead atoms. The van der Waals surface area contributed by atoms with E-state index in [1.807, 2.05) is 12.2 Å². The third-order valence-electron chi connectivity index (χ3n) is 6.65. The van der Waals surface area contributed by atoms with Crippen LogP contribution in [0, 0.1) is 0 Å². The first-order valence-corrected chi connectivity index (χ1v) is 13.7. The van der Waals surface area contributed by atoms with Gasteiger partial charge in [-0.3, -0.25) is 4.79 Å². The Bertz CT molecular complexity index is 588. The van der Waals surface area contributed by atoms with Gasteiger partial charge in [-0.25, -0.2) is 0 Å². The summed E-state index contributed by atoms with van der Waals surface area (Å²) >= 11 is 0. The quantitative estimate of drug-likeness (QED) is 0.123. The fourth-order valence-corrected chi connectivity index (χ4v) is 4.42. The normalized spacial score (nSPS) is 26.2. The van der Waals surface area contributed by atoms with Crippen LogP contribution in [0.5, 0.6) is 0 Å². The molecule has 0 radical (unpaired) electrons. The first-order valence-electron chi connectivity index (χ1n) is 13.7. The summed E-state index contributed by atoms with van der Waals surface area (Å²) in [6.45, 7) is 3.03. The number of hydrogen-bond donors (Lipinski definition) is 5. The number of amides is 1. The van der Waals surface area contributed by atoms with Crippen LogP contribution in [0.3, 0.4) is 0 Å². The van der Waals surface area contributed by atoms with Crippen molar-refractivity contribution in [3.05, 3.63) is 12.2 Å². The lowest BCUT2D eigenvalue weighted by molar-refractivity contribution is -0.302. The predicted molar refractivity (Wildman–Crippen MR) is 138 cm³/mol. The molecule has 0 saturated carbocycles. The molecule has 7 atom stereocenters. The zero-order chi connectivity index (χ0) is 26.8. The molecule has 0 aromatic rings. The molecular formula is C27H51NO8. The summed E-state index contributed by atoms with van der Waals surface area (Å²) in [6.07, 6.45) is 11.8. The van der Waals surface area contributed by atoms with Crippen molar-refractivity contribution in [3.8, 4) is 0 Å². The maximum absolute atomic E-state index is 11.7. The minimum absolute atomic E-state index is 0.0659. The topological polar surface area (TPSA) is 138 Å². The van der Waals surface area contributed by atoms with Crippen LogP contribution in [0.4, 0.5) is 0 Å². The van der Waals surface area contributed by atoms with Crippen LogP contribution in [-0.4, -0.2) is 89.5 Å². The van der Waals surface area contributed by atoms with E-state index >= 15 is 0 Å². The number of hydrogen-bond acceptors (Lipinski definition) is 8. The minimum Gasteiger partial charge on any atom is -0.394 e. The van der Waals surface area contributed by atoms with Crippen LogP contribution >= 0.6 is 0 Å². The number of allylic oxidation sites excluding steroid dienone is 1. The van der Waals surface area contributed by atoms with Gasteiger partial charge in [0.15, 0.2) is 6.29 Å². The summed E-state index contributed by atoms with van der Waals surface area (Å²) in [7, 11) is 1.54. The lowest BCUT2D eigenvalue weighted by Crippen LogP contribution is -2.60. The van der Waals surface area contributed by atoms with Gasteiger partial charge >= 0.3 is 0 Å². The number of rotatable bonds is 20. The molecule has 36 heavy (non-hydrogen) atoms. The van der Waals surface area contributed by atoms with Crippen molar-refractivity contribution in [2.45, 2.75) is 134 Å². The highest BCUT2D eigenvalue weighted by atomic mass is 16.7. The summed E-state index contributed by atoms with van der Waals surface area (Å²) in [5.41, 5.74) is 0. The molecule has 212 valence electrons. The monoisotopic (exact) mass is 517 g/mol. The summed E-state index contributed by atoms with van der Waals surface area (Å²) < 4.78 is 16.6. The van der Waals surface area contributed by atoms with E-state index in [-0.39, 0.29) is 12.5 Å². The van der Waals surface area contributed by atoms with E-state index in [9.17, 15) is 25.2 Å². The van der Waals surface area contributed by atoms with Crippen molar-refractivity contribution in [2.24, 2.45) is 0 Å². The van der Waals surface area contributed by atoms with Crippen LogP contribution < -0.4 is 5.32 Å². The van der Waals surface area contributed by atoms with Gasteiger partial charge in [-0.05, 0) is 12.8 Å². The molecule has 1 fully saturated rings. The highest BCUT2D eigenvalue weighted by Gasteiger charge is 2.44. The SMILES string of the molecule is CCCCCCCCCCCCC/C=C/[C@H](OC)[C@H](CO[C@@H]1OC(CO)[C@@H](O)C(O)C1O)NC(C)=O. The van der Waals surface area contributed by atoms with E-state index in [1.54, 1.807) is 7.11 Å².